The molecule has 8 nitrogen and oxygen atoms in total. The maximum Gasteiger partial charge on any atom is 0.279 e. The van der Waals surface area contributed by atoms with E-state index < -0.39 is 21.8 Å². The Balaban J connectivity index is 1.78. The molecule has 11 heteroatoms. The fourth-order valence-electron chi connectivity index (χ4n) is 2.96. The summed E-state index contributed by atoms with van der Waals surface area (Å²) in [4.78, 5) is 24.6. The van der Waals surface area contributed by atoms with Crippen LogP contribution in [0.4, 0.5) is 0 Å². The third kappa shape index (κ3) is 4.96. The number of morpholine rings is 1. The van der Waals surface area contributed by atoms with Gasteiger partial charge in [0.25, 0.3) is 11.8 Å². The number of carbonyl (C=O) groups is 2. The summed E-state index contributed by atoms with van der Waals surface area (Å²) in [6.45, 7) is 3.96. The van der Waals surface area contributed by atoms with Gasteiger partial charge in [-0.05, 0) is 43.5 Å². The number of hydrogen-bond donors (Lipinski definition) is 2. The van der Waals surface area contributed by atoms with E-state index >= 15 is 0 Å². The molecule has 1 saturated heterocycles. The molecule has 1 aliphatic heterocycles. The van der Waals surface area contributed by atoms with E-state index in [0.29, 0.717) is 4.88 Å². The number of hydrazine groups is 1. The highest BCUT2D eigenvalue weighted by atomic mass is 35.5. The lowest BCUT2D eigenvalue weighted by Gasteiger charge is -2.34. The van der Waals surface area contributed by atoms with Crippen molar-refractivity contribution >= 4 is 44.8 Å². The highest BCUT2D eigenvalue weighted by molar-refractivity contribution is 7.89. The van der Waals surface area contributed by atoms with Crippen LogP contribution in [0.25, 0.3) is 0 Å². The minimum Gasteiger partial charge on any atom is -0.373 e. The van der Waals surface area contributed by atoms with Crippen molar-refractivity contribution in [3.63, 3.8) is 0 Å². The minimum atomic E-state index is -3.93. The molecule has 1 fully saturated rings. The van der Waals surface area contributed by atoms with Gasteiger partial charge in [-0.15, -0.1) is 11.3 Å². The number of nitrogens with zero attached hydrogens (tertiary/aromatic N) is 1. The van der Waals surface area contributed by atoms with Crippen LogP contribution in [0.5, 0.6) is 0 Å². The van der Waals surface area contributed by atoms with Crippen LogP contribution in [0.15, 0.2) is 40.6 Å². The second kappa shape index (κ2) is 8.80. The lowest BCUT2D eigenvalue weighted by molar-refractivity contribution is -0.0440. The molecule has 2 atom stereocenters. The normalized spacial score (nSPS) is 20.2. The molecule has 0 radical (unpaired) electrons. The van der Waals surface area contributed by atoms with Gasteiger partial charge in [0.1, 0.15) is 4.90 Å². The summed E-state index contributed by atoms with van der Waals surface area (Å²) < 4.78 is 33.0. The standard InChI is InChI=1S/C18H20ClN3O5S2/c1-11-9-22(10-12(2)27-11)29(25,26)16-8-13(5-6-14(16)19)17(23)20-21-18(24)15-4-3-7-28-15/h3-8,11-12H,9-10H2,1-2H3,(H,20,23)(H,21,24). The number of nitrogens with one attached hydrogen (secondary N) is 2. The van der Waals surface area contributed by atoms with Gasteiger partial charge in [0.2, 0.25) is 10.0 Å². The summed E-state index contributed by atoms with van der Waals surface area (Å²) in [5, 5.41) is 1.75. The average Bonchev–Trinajstić information content (AvgIpc) is 3.20. The van der Waals surface area contributed by atoms with Gasteiger partial charge in [-0.1, -0.05) is 17.7 Å². The zero-order valence-corrected chi connectivity index (χ0v) is 18.1. The predicted molar refractivity (Wildman–Crippen MR) is 109 cm³/mol. The lowest BCUT2D eigenvalue weighted by atomic mass is 10.2. The summed E-state index contributed by atoms with van der Waals surface area (Å²) in [6.07, 6.45) is -0.516. The van der Waals surface area contributed by atoms with Gasteiger partial charge in [0, 0.05) is 18.7 Å². The molecule has 2 amide bonds. The van der Waals surface area contributed by atoms with Gasteiger partial charge in [0.05, 0.1) is 22.1 Å². The second-order valence-corrected chi connectivity index (χ2v) is 9.87. The highest BCUT2D eigenvalue weighted by Gasteiger charge is 2.33. The molecule has 29 heavy (non-hydrogen) atoms. The second-order valence-electron chi connectivity index (χ2n) is 6.61. The Hall–Kier alpha value is -1.98. The number of benzene rings is 1. The predicted octanol–water partition coefficient (Wildman–Crippen LogP) is 2.27. The molecular formula is C18H20ClN3O5S2. The molecule has 2 unspecified atom stereocenters. The molecule has 1 aromatic carbocycles. The first-order chi connectivity index (χ1) is 13.7. The van der Waals surface area contributed by atoms with E-state index in [1.54, 1.807) is 31.4 Å². The Bertz CT molecular complexity index is 1000. The molecule has 0 saturated carbocycles. The van der Waals surface area contributed by atoms with Crippen LogP contribution in [0.3, 0.4) is 0 Å². The number of thiophene rings is 1. The molecule has 1 aromatic heterocycles. The number of sulfonamides is 1. The first-order valence-corrected chi connectivity index (χ1v) is 11.5. The fourth-order valence-corrected chi connectivity index (χ4v) is 5.67. The average molecular weight is 458 g/mol. The Morgan fingerprint density at radius 2 is 1.79 bits per heavy atom. The zero-order chi connectivity index (χ0) is 21.2. The molecule has 0 bridgehead atoms. The molecular weight excluding hydrogens is 438 g/mol. The molecule has 156 valence electrons. The van der Waals surface area contributed by atoms with Crippen LogP contribution in [0.1, 0.15) is 33.9 Å². The highest BCUT2D eigenvalue weighted by Crippen LogP contribution is 2.28. The topological polar surface area (TPSA) is 105 Å². The van der Waals surface area contributed by atoms with Gasteiger partial charge in [-0.3, -0.25) is 20.4 Å². The molecule has 3 rings (SSSR count). The number of carbonyl (C=O) groups excluding carboxylic acids is 2. The van der Waals surface area contributed by atoms with E-state index in [1.165, 1.54) is 33.8 Å². The van der Waals surface area contributed by atoms with Crippen LogP contribution in [-0.4, -0.2) is 49.8 Å². The first-order valence-electron chi connectivity index (χ1n) is 8.78. The van der Waals surface area contributed by atoms with E-state index in [0.717, 1.165) is 0 Å². The van der Waals surface area contributed by atoms with E-state index in [1.807, 2.05) is 0 Å². The van der Waals surface area contributed by atoms with E-state index in [9.17, 15) is 18.0 Å². The summed E-state index contributed by atoms with van der Waals surface area (Å²) >= 11 is 7.36. The summed E-state index contributed by atoms with van der Waals surface area (Å²) in [5.41, 5.74) is 4.62. The fraction of sp³-hybridized carbons (Fsp3) is 0.333. The van der Waals surface area contributed by atoms with Gasteiger partial charge < -0.3 is 4.74 Å². The SMILES string of the molecule is CC1CN(S(=O)(=O)c2cc(C(=O)NNC(=O)c3cccs3)ccc2Cl)CC(C)O1. The molecule has 2 heterocycles. The Morgan fingerprint density at radius 1 is 1.14 bits per heavy atom. The number of amides is 2. The Kier molecular flexibility index (Phi) is 6.59. The summed E-state index contributed by atoms with van der Waals surface area (Å²) in [7, 11) is -3.93. The van der Waals surface area contributed by atoms with Crippen LogP contribution in [-0.2, 0) is 14.8 Å². The third-order valence-corrected chi connectivity index (χ3v) is 7.41. The molecule has 0 aliphatic carbocycles. The van der Waals surface area contributed by atoms with Crippen LogP contribution >= 0.6 is 22.9 Å². The van der Waals surface area contributed by atoms with Crippen LogP contribution < -0.4 is 10.9 Å². The van der Waals surface area contributed by atoms with Crippen molar-refractivity contribution in [3.05, 3.63) is 51.2 Å². The monoisotopic (exact) mass is 457 g/mol. The van der Waals surface area contributed by atoms with Crippen molar-refractivity contribution in [2.24, 2.45) is 0 Å². The maximum atomic E-state index is 13.1. The Labute approximate surface area is 177 Å². The summed E-state index contributed by atoms with van der Waals surface area (Å²) in [5.74, 6) is -1.13. The first kappa shape index (κ1) is 21.7. The quantitative estimate of drug-likeness (QED) is 0.685. The van der Waals surface area contributed by atoms with Gasteiger partial charge in [-0.2, -0.15) is 4.31 Å². The molecule has 2 N–H and O–H groups in total. The third-order valence-electron chi connectivity index (χ3n) is 4.23. The van der Waals surface area contributed by atoms with Crippen molar-refractivity contribution in [2.45, 2.75) is 31.0 Å². The maximum absolute atomic E-state index is 13.1. The number of hydrogen-bond acceptors (Lipinski definition) is 6. The van der Waals surface area contributed by atoms with Crippen molar-refractivity contribution in [1.29, 1.82) is 0 Å². The van der Waals surface area contributed by atoms with Gasteiger partial charge in [-0.25, -0.2) is 8.42 Å². The van der Waals surface area contributed by atoms with E-state index in [2.05, 4.69) is 10.9 Å². The Morgan fingerprint density at radius 3 is 2.41 bits per heavy atom. The lowest BCUT2D eigenvalue weighted by Crippen LogP contribution is -2.48. The summed E-state index contributed by atoms with van der Waals surface area (Å²) in [6, 6.07) is 7.26. The zero-order valence-electron chi connectivity index (χ0n) is 15.7. The smallest absolute Gasteiger partial charge is 0.279 e. The minimum absolute atomic E-state index is 0.0102. The van der Waals surface area contributed by atoms with Crippen molar-refractivity contribution in [2.75, 3.05) is 13.1 Å². The number of halogens is 1. The van der Waals surface area contributed by atoms with Crippen LogP contribution in [0.2, 0.25) is 5.02 Å². The van der Waals surface area contributed by atoms with Crippen molar-refractivity contribution in [1.82, 2.24) is 15.2 Å². The van der Waals surface area contributed by atoms with Crippen LogP contribution in [0, 0.1) is 0 Å². The van der Waals surface area contributed by atoms with E-state index in [4.69, 9.17) is 16.3 Å². The van der Waals surface area contributed by atoms with Crippen molar-refractivity contribution < 1.29 is 22.7 Å². The number of rotatable bonds is 4. The van der Waals surface area contributed by atoms with Crippen molar-refractivity contribution in [3.8, 4) is 0 Å². The largest absolute Gasteiger partial charge is 0.373 e. The van der Waals surface area contributed by atoms with Gasteiger partial charge in [0.15, 0.2) is 0 Å². The molecule has 2 aromatic rings. The number of ether oxygens (including phenoxy) is 1. The van der Waals surface area contributed by atoms with Gasteiger partial charge >= 0.3 is 0 Å². The molecule has 1 aliphatic rings. The molecule has 0 spiro atoms. The van der Waals surface area contributed by atoms with E-state index in [-0.39, 0.29) is 40.8 Å².